The van der Waals surface area contributed by atoms with Crippen LogP contribution in [0.15, 0.2) is 0 Å². The second kappa shape index (κ2) is 6.83. The summed E-state index contributed by atoms with van der Waals surface area (Å²) in [5.74, 6) is 0.388. The fourth-order valence-corrected chi connectivity index (χ4v) is 2.31. The number of hydrogen-bond donors (Lipinski definition) is 2. The summed E-state index contributed by atoms with van der Waals surface area (Å²) in [4.78, 5) is 15.0. The minimum absolute atomic E-state index is 0.242. The maximum absolute atomic E-state index is 10.7. The molecule has 0 saturated carbocycles. The van der Waals surface area contributed by atoms with Gasteiger partial charge in [0.1, 0.15) is 0 Å². The summed E-state index contributed by atoms with van der Waals surface area (Å²) >= 11 is 0. The number of β-amino-alcohol motifs (C(OH)–C–C–N with tert-alkyl or cyclic N) is 1. The van der Waals surface area contributed by atoms with Crippen LogP contribution in [0.5, 0.6) is 0 Å². The summed E-state index contributed by atoms with van der Waals surface area (Å²) in [5, 5.41) is 8.83. The average Bonchev–Trinajstić information content (AvgIpc) is 2.20. The smallest absolute Gasteiger partial charge is 0.231 e. The normalized spacial score (nSPS) is 19.2. The Morgan fingerprint density at radius 2 is 2.12 bits per heavy atom. The molecule has 94 valence electrons. The molecule has 1 aliphatic heterocycles. The third-order valence-electron chi connectivity index (χ3n) is 3.12. The monoisotopic (exact) mass is 229 g/mol. The standard InChI is InChI=1S/C11H23N3O2/c1-13(9-11(12)16)8-10-2-4-14(5-3-10)6-7-15/h10,15H,2-9H2,1H3,(H2,12,16). The third kappa shape index (κ3) is 4.92. The van der Waals surface area contributed by atoms with E-state index in [1.54, 1.807) is 0 Å². The number of amides is 1. The van der Waals surface area contributed by atoms with Crippen LogP contribution in [-0.2, 0) is 4.79 Å². The summed E-state index contributed by atoms with van der Waals surface area (Å²) < 4.78 is 0. The first-order valence-corrected chi connectivity index (χ1v) is 5.92. The number of primary amides is 1. The number of rotatable bonds is 6. The van der Waals surface area contributed by atoms with Crippen LogP contribution < -0.4 is 5.73 Å². The maximum atomic E-state index is 10.7. The van der Waals surface area contributed by atoms with Gasteiger partial charge in [-0.05, 0) is 38.9 Å². The molecule has 1 fully saturated rings. The molecule has 0 bridgehead atoms. The Hall–Kier alpha value is -0.650. The summed E-state index contributed by atoms with van der Waals surface area (Å²) in [6.07, 6.45) is 2.28. The highest BCUT2D eigenvalue weighted by Crippen LogP contribution is 2.17. The first kappa shape index (κ1) is 13.4. The first-order valence-electron chi connectivity index (χ1n) is 5.92. The van der Waals surface area contributed by atoms with Crippen molar-refractivity contribution in [1.29, 1.82) is 0 Å². The topological polar surface area (TPSA) is 69.8 Å². The molecule has 0 spiro atoms. The Labute approximate surface area is 97.2 Å². The van der Waals surface area contributed by atoms with E-state index in [1.807, 2.05) is 11.9 Å². The van der Waals surface area contributed by atoms with E-state index in [0.29, 0.717) is 12.5 Å². The molecule has 5 nitrogen and oxygen atoms in total. The molecule has 0 aromatic rings. The van der Waals surface area contributed by atoms with Crippen molar-refractivity contribution in [3.63, 3.8) is 0 Å². The van der Waals surface area contributed by atoms with Gasteiger partial charge in [-0.1, -0.05) is 0 Å². The Morgan fingerprint density at radius 1 is 1.50 bits per heavy atom. The number of piperidine rings is 1. The molecule has 0 unspecified atom stereocenters. The zero-order chi connectivity index (χ0) is 12.0. The molecule has 0 aromatic carbocycles. The third-order valence-corrected chi connectivity index (χ3v) is 3.12. The Kier molecular flexibility index (Phi) is 5.73. The molecule has 1 heterocycles. The molecule has 1 aliphatic rings. The van der Waals surface area contributed by atoms with Crippen molar-refractivity contribution in [2.75, 3.05) is 46.4 Å². The van der Waals surface area contributed by atoms with Gasteiger partial charge in [0.2, 0.25) is 5.91 Å². The van der Waals surface area contributed by atoms with Gasteiger partial charge in [-0.25, -0.2) is 0 Å². The van der Waals surface area contributed by atoms with Gasteiger partial charge in [-0.2, -0.15) is 0 Å². The number of aliphatic hydroxyl groups is 1. The minimum atomic E-state index is -0.264. The average molecular weight is 229 g/mol. The van der Waals surface area contributed by atoms with E-state index in [9.17, 15) is 4.79 Å². The largest absolute Gasteiger partial charge is 0.395 e. The lowest BCUT2D eigenvalue weighted by Crippen LogP contribution is -2.40. The minimum Gasteiger partial charge on any atom is -0.395 e. The number of carbonyl (C=O) groups excluding carboxylic acids is 1. The van der Waals surface area contributed by atoms with Crippen molar-refractivity contribution < 1.29 is 9.90 Å². The molecule has 3 N–H and O–H groups in total. The van der Waals surface area contributed by atoms with Gasteiger partial charge in [0.15, 0.2) is 0 Å². The highest BCUT2D eigenvalue weighted by molar-refractivity contribution is 5.75. The predicted octanol–water partition coefficient (Wildman–Crippen LogP) is -0.892. The van der Waals surface area contributed by atoms with Gasteiger partial charge < -0.3 is 15.7 Å². The van der Waals surface area contributed by atoms with Gasteiger partial charge in [0.05, 0.1) is 13.2 Å². The highest BCUT2D eigenvalue weighted by Gasteiger charge is 2.20. The van der Waals surface area contributed by atoms with Crippen molar-refractivity contribution in [2.45, 2.75) is 12.8 Å². The number of nitrogens with two attached hydrogens (primary N) is 1. The molecular formula is C11H23N3O2. The van der Waals surface area contributed by atoms with Gasteiger partial charge >= 0.3 is 0 Å². The Morgan fingerprint density at radius 3 is 2.62 bits per heavy atom. The molecular weight excluding hydrogens is 206 g/mol. The van der Waals surface area contributed by atoms with Gasteiger partial charge in [0, 0.05) is 13.1 Å². The van der Waals surface area contributed by atoms with E-state index in [-0.39, 0.29) is 12.5 Å². The van der Waals surface area contributed by atoms with Gasteiger partial charge in [-0.15, -0.1) is 0 Å². The number of carbonyl (C=O) groups is 1. The van der Waals surface area contributed by atoms with E-state index in [1.165, 1.54) is 0 Å². The fourth-order valence-electron chi connectivity index (χ4n) is 2.31. The SMILES string of the molecule is CN(CC(N)=O)CC1CCN(CCO)CC1. The lowest BCUT2D eigenvalue weighted by Gasteiger charge is -2.33. The maximum Gasteiger partial charge on any atom is 0.231 e. The van der Waals surface area contributed by atoms with Crippen LogP contribution >= 0.6 is 0 Å². The van der Waals surface area contributed by atoms with E-state index in [4.69, 9.17) is 10.8 Å². The van der Waals surface area contributed by atoms with Crippen molar-refractivity contribution in [3.05, 3.63) is 0 Å². The number of aliphatic hydroxyl groups excluding tert-OH is 1. The molecule has 1 saturated heterocycles. The zero-order valence-electron chi connectivity index (χ0n) is 10.1. The van der Waals surface area contributed by atoms with Crippen LogP contribution in [0.2, 0.25) is 0 Å². The molecule has 0 atom stereocenters. The molecule has 0 aliphatic carbocycles. The number of likely N-dealkylation sites (tertiary alicyclic amines) is 1. The quantitative estimate of drug-likeness (QED) is 0.620. The Bertz CT molecular complexity index is 215. The van der Waals surface area contributed by atoms with Crippen LogP contribution in [0.25, 0.3) is 0 Å². The highest BCUT2D eigenvalue weighted by atomic mass is 16.3. The lowest BCUT2D eigenvalue weighted by atomic mass is 9.96. The van der Waals surface area contributed by atoms with Crippen LogP contribution in [-0.4, -0.2) is 67.2 Å². The van der Waals surface area contributed by atoms with Crippen LogP contribution in [0.1, 0.15) is 12.8 Å². The molecule has 1 rings (SSSR count). The first-order chi connectivity index (χ1) is 7.61. The number of hydrogen-bond acceptors (Lipinski definition) is 4. The van der Waals surface area contributed by atoms with Gasteiger partial charge in [0.25, 0.3) is 0 Å². The summed E-state index contributed by atoms with van der Waals surface area (Å²) in [6, 6.07) is 0. The zero-order valence-corrected chi connectivity index (χ0v) is 10.1. The summed E-state index contributed by atoms with van der Waals surface area (Å²) in [7, 11) is 1.94. The van der Waals surface area contributed by atoms with E-state index < -0.39 is 0 Å². The molecule has 1 amide bonds. The van der Waals surface area contributed by atoms with E-state index in [0.717, 1.165) is 39.0 Å². The fraction of sp³-hybridized carbons (Fsp3) is 0.909. The van der Waals surface area contributed by atoms with Gasteiger partial charge in [-0.3, -0.25) is 9.69 Å². The second-order valence-electron chi connectivity index (χ2n) is 4.67. The van der Waals surface area contributed by atoms with Crippen molar-refractivity contribution >= 4 is 5.91 Å². The van der Waals surface area contributed by atoms with E-state index >= 15 is 0 Å². The summed E-state index contributed by atoms with van der Waals surface area (Å²) in [6.45, 7) is 4.41. The van der Waals surface area contributed by atoms with Crippen molar-refractivity contribution in [2.24, 2.45) is 11.7 Å². The molecule has 16 heavy (non-hydrogen) atoms. The number of likely N-dealkylation sites (N-methyl/N-ethyl adjacent to an activating group) is 1. The van der Waals surface area contributed by atoms with Crippen LogP contribution in [0, 0.1) is 5.92 Å². The second-order valence-corrected chi connectivity index (χ2v) is 4.67. The van der Waals surface area contributed by atoms with Crippen molar-refractivity contribution in [3.8, 4) is 0 Å². The van der Waals surface area contributed by atoms with Crippen LogP contribution in [0.4, 0.5) is 0 Å². The van der Waals surface area contributed by atoms with Crippen molar-refractivity contribution in [1.82, 2.24) is 9.80 Å². The molecule has 0 aromatic heterocycles. The van der Waals surface area contributed by atoms with Crippen LogP contribution in [0.3, 0.4) is 0 Å². The molecule has 5 heteroatoms. The molecule has 0 radical (unpaired) electrons. The summed E-state index contributed by atoms with van der Waals surface area (Å²) in [5.41, 5.74) is 5.14. The predicted molar refractivity (Wildman–Crippen MR) is 62.9 cm³/mol. The number of nitrogens with zero attached hydrogens (tertiary/aromatic N) is 2. The Balaban J connectivity index is 2.18. The van der Waals surface area contributed by atoms with E-state index in [2.05, 4.69) is 4.90 Å². The lowest BCUT2D eigenvalue weighted by molar-refractivity contribution is -0.119.